The van der Waals surface area contributed by atoms with Crippen LogP contribution in [-0.2, 0) is 20.9 Å². The smallest absolute Gasteiger partial charge is 0.325 e. The number of hydrogen-bond donors (Lipinski definition) is 9. The lowest BCUT2D eigenvalue weighted by molar-refractivity contribution is 0.00249. The molecule has 0 saturated carbocycles. The number of aromatic nitrogens is 8. The van der Waals surface area contributed by atoms with E-state index in [0.29, 0.717) is 0 Å². The summed E-state index contributed by atoms with van der Waals surface area (Å²) in [5, 5.41) is 39.0. The number of hydrogen-bond acceptors (Lipinski definition) is 17. The minimum absolute atomic E-state index is 0.00709. The van der Waals surface area contributed by atoms with Gasteiger partial charge in [-0.15, -0.1) is 23.5 Å². The van der Waals surface area contributed by atoms with E-state index in [0.717, 1.165) is 23.5 Å². The number of thioether (sulfide) groups is 2. The van der Waals surface area contributed by atoms with Crippen LogP contribution in [0.15, 0.2) is 22.2 Å². The summed E-state index contributed by atoms with van der Waals surface area (Å²) in [5.74, 6) is -0.323. The maximum Gasteiger partial charge on any atom is 0.325 e. The second kappa shape index (κ2) is 11.4. The predicted molar refractivity (Wildman–Crippen MR) is 158 cm³/mol. The highest BCUT2D eigenvalue weighted by Gasteiger charge is 2.49. The van der Waals surface area contributed by atoms with E-state index in [2.05, 4.69) is 29.9 Å². The van der Waals surface area contributed by atoms with Gasteiger partial charge in [0.25, 0.3) is 11.1 Å². The monoisotopic (exact) mass is 676 g/mol. The molecule has 0 bridgehead atoms. The third kappa shape index (κ3) is 5.46. The number of aliphatic hydroxyl groups excluding tert-OH is 4. The Kier molecular flexibility index (Phi) is 8.04. The van der Waals surface area contributed by atoms with E-state index in [1.54, 1.807) is 0 Å². The highest BCUT2D eigenvalue weighted by Crippen LogP contribution is 2.54. The van der Waals surface area contributed by atoms with Gasteiger partial charge in [-0.2, -0.15) is 9.97 Å². The van der Waals surface area contributed by atoms with Crippen molar-refractivity contribution in [2.45, 2.75) is 45.7 Å². The summed E-state index contributed by atoms with van der Waals surface area (Å²) >= 11 is 7.37. The third-order valence-corrected chi connectivity index (χ3v) is 11.6. The summed E-state index contributed by atoms with van der Waals surface area (Å²) in [7, 11) is 0. The first-order valence-electron chi connectivity index (χ1n) is 12.4. The molecule has 2 aliphatic heterocycles. The van der Waals surface area contributed by atoms with Crippen LogP contribution in [0.1, 0.15) is 10.7 Å². The first-order valence-corrected chi connectivity index (χ1v) is 16.9. The maximum absolute atomic E-state index is 12.3. The van der Waals surface area contributed by atoms with Gasteiger partial charge in [-0.25, -0.2) is 9.97 Å². The molecule has 2 fully saturated rings. The van der Waals surface area contributed by atoms with Crippen molar-refractivity contribution in [3.8, 4) is 0 Å². The van der Waals surface area contributed by atoms with Crippen LogP contribution in [0.4, 0.5) is 11.9 Å². The van der Waals surface area contributed by atoms with Gasteiger partial charge >= 0.3 is 6.72 Å². The predicted octanol–water partition coefficient (Wildman–Crippen LogP) is -2.66. The van der Waals surface area contributed by atoms with E-state index in [-0.39, 0.29) is 40.8 Å². The lowest BCUT2D eigenvalue weighted by Crippen LogP contribution is -2.35. The fourth-order valence-electron chi connectivity index (χ4n) is 4.91. The molecular weight excluding hydrogens is 651 g/mol. The zero-order valence-corrected chi connectivity index (χ0v) is 24.9. The molecule has 0 aliphatic carbocycles. The van der Waals surface area contributed by atoms with Gasteiger partial charge in [0, 0.05) is 0 Å². The van der Waals surface area contributed by atoms with E-state index in [9.17, 15) is 34.9 Å². The molecule has 4 aromatic heterocycles. The summed E-state index contributed by atoms with van der Waals surface area (Å²) in [5.41, 5.74) is 10.3. The Morgan fingerprint density at radius 2 is 1.44 bits per heavy atom. The number of anilines is 2. The number of nitrogens with one attached hydrogen (secondary N) is 2. The van der Waals surface area contributed by atoms with Gasteiger partial charge in [-0.1, -0.05) is 0 Å². The molecule has 0 radical (unpaired) electrons. The highest BCUT2D eigenvalue weighted by molar-refractivity contribution is 8.07. The molecule has 0 aromatic carbocycles. The average molecular weight is 677 g/mol. The molecular formula is C20H25N10O9PS3. The van der Waals surface area contributed by atoms with Crippen LogP contribution in [0.2, 0.25) is 0 Å². The summed E-state index contributed by atoms with van der Waals surface area (Å²) in [6, 6.07) is 0. The summed E-state index contributed by atoms with van der Waals surface area (Å²) < 4.78 is 14.1. The topological polar surface area (TPSA) is 299 Å². The first kappa shape index (κ1) is 30.4. The quantitative estimate of drug-likeness (QED) is 0.0860. The number of H-pyrrole nitrogens is 2. The minimum Gasteiger partial charge on any atom is -0.395 e. The van der Waals surface area contributed by atoms with E-state index >= 15 is 0 Å². The Bertz CT molecular complexity index is 1850. The molecule has 0 spiro atoms. The average Bonchev–Trinajstić information content (AvgIpc) is 3.69. The van der Waals surface area contributed by atoms with E-state index in [1.165, 1.54) is 21.8 Å². The van der Waals surface area contributed by atoms with Crippen LogP contribution in [0.3, 0.4) is 0 Å². The van der Waals surface area contributed by atoms with Crippen molar-refractivity contribution in [3.05, 3.63) is 33.4 Å². The number of nitrogen functional groups attached to an aromatic ring is 2. The Hall–Kier alpha value is -2.63. The lowest BCUT2D eigenvalue weighted by atomic mass is 10.1. The summed E-state index contributed by atoms with van der Waals surface area (Å²) in [4.78, 5) is 56.3. The van der Waals surface area contributed by atoms with Gasteiger partial charge in [-0.05, 0) is 11.8 Å². The van der Waals surface area contributed by atoms with E-state index in [1.807, 2.05) is 0 Å². The Morgan fingerprint density at radius 3 is 2.00 bits per heavy atom. The molecule has 9 atom stereocenters. The van der Waals surface area contributed by atoms with Crippen molar-refractivity contribution >= 4 is 76.3 Å². The molecule has 43 heavy (non-hydrogen) atoms. The van der Waals surface area contributed by atoms with Crippen molar-refractivity contribution in [3.63, 3.8) is 0 Å². The first-order chi connectivity index (χ1) is 20.4. The number of imidazole rings is 2. The highest BCUT2D eigenvalue weighted by atomic mass is 32.5. The lowest BCUT2D eigenvalue weighted by Gasteiger charge is -2.27. The van der Waals surface area contributed by atoms with Crippen LogP contribution in [-0.4, -0.2) is 112 Å². The molecule has 19 nitrogen and oxygen atoms in total. The second-order valence-corrected chi connectivity index (χ2v) is 15.2. The van der Waals surface area contributed by atoms with Crippen molar-refractivity contribution in [1.29, 1.82) is 0 Å². The summed E-state index contributed by atoms with van der Waals surface area (Å²) in [6.45, 7) is -4.95. The molecule has 0 amide bonds. The molecule has 6 rings (SSSR count). The van der Waals surface area contributed by atoms with Crippen LogP contribution < -0.4 is 22.6 Å². The van der Waals surface area contributed by atoms with Gasteiger partial charge in [0.1, 0.15) is 23.0 Å². The van der Waals surface area contributed by atoms with Crippen molar-refractivity contribution in [1.82, 2.24) is 39.0 Å². The molecule has 4 aromatic rings. The Labute approximate surface area is 252 Å². The van der Waals surface area contributed by atoms with E-state index < -0.39 is 70.1 Å². The van der Waals surface area contributed by atoms with Crippen molar-refractivity contribution < 1.29 is 34.4 Å². The SMILES string of the molecule is Nc1nc2c(ncn2[C@@H]2S[C@H](COP(O)(=S)O[C@@H]3[C@H](O)[C@@H](CO)S[C@H]3n3cnc4c(=O)[nH]c(N)nc43)[C@@H](O)[C@H]2O)c(=O)[nH]1. The third-order valence-electron chi connectivity index (χ3n) is 6.94. The molecule has 2 aliphatic rings. The fraction of sp³-hybridized carbons (Fsp3) is 0.500. The van der Waals surface area contributed by atoms with Gasteiger partial charge in [0.2, 0.25) is 11.9 Å². The fourth-order valence-corrected chi connectivity index (χ4v) is 9.39. The van der Waals surface area contributed by atoms with Crippen LogP contribution >= 0.6 is 30.2 Å². The molecule has 232 valence electrons. The number of nitrogens with zero attached hydrogens (tertiary/aromatic N) is 6. The van der Waals surface area contributed by atoms with Crippen molar-refractivity contribution in [2.24, 2.45) is 0 Å². The number of rotatable bonds is 8. The number of fused-ring (bicyclic) bond motifs is 2. The Balaban J connectivity index is 1.19. The normalized spacial score (nSPS) is 30.8. The van der Waals surface area contributed by atoms with Gasteiger partial charge in [-0.3, -0.25) is 33.2 Å². The number of aromatic amines is 2. The van der Waals surface area contributed by atoms with Crippen LogP contribution in [0, 0.1) is 0 Å². The molecule has 2 saturated heterocycles. The zero-order chi connectivity index (χ0) is 30.8. The molecule has 11 N–H and O–H groups in total. The van der Waals surface area contributed by atoms with E-state index in [4.69, 9.17) is 32.3 Å². The van der Waals surface area contributed by atoms with Crippen LogP contribution in [0.5, 0.6) is 0 Å². The Morgan fingerprint density at radius 1 is 0.907 bits per heavy atom. The second-order valence-electron chi connectivity index (χ2n) is 9.67. The maximum atomic E-state index is 12.3. The van der Waals surface area contributed by atoms with Crippen molar-refractivity contribution in [2.75, 3.05) is 24.7 Å². The largest absolute Gasteiger partial charge is 0.395 e. The molecule has 6 heterocycles. The van der Waals surface area contributed by atoms with Gasteiger partial charge < -0.3 is 41.3 Å². The molecule has 23 heteroatoms. The minimum atomic E-state index is -4.13. The molecule has 1 unspecified atom stereocenters. The van der Waals surface area contributed by atoms with Gasteiger partial charge in [0.15, 0.2) is 22.3 Å². The standard InChI is InChI=1S/C20H25N10O9PS3/c21-19-25-13-7(15(35)27-19)23-3-29(13)17-11(34)9(32)6(43-17)2-38-40(37,41)39-12-10(33)5(1-31)42-18(12)30-4-24-8-14(30)26-20(22)28-16(8)36/h3-6,9-12,17-18,31-34H,1-2H2,(H,37,41)(H3,21,25,27,35)(H3,22,26,28,36)/t5-,6-,9-,10-,11-,12-,17-,18-,40?/m1/s1. The zero-order valence-electron chi connectivity index (χ0n) is 21.6. The van der Waals surface area contributed by atoms with Crippen LogP contribution in [0.25, 0.3) is 22.3 Å². The number of nitrogens with two attached hydrogens (primary N) is 2. The number of aliphatic hydroxyl groups is 4. The van der Waals surface area contributed by atoms with Gasteiger partial charge in [0.05, 0.1) is 48.6 Å². The summed E-state index contributed by atoms with van der Waals surface area (Å²) in [6.07, 6.45) is -2.70.